The molecule has 0 saturated heterocycles. The van der Waals surface area contributed by atoms with Gasteiger partial charge in [0.1, 0.15) is 29.0 Å². The van der Waals surface area contributed by atoms with Crippen LogP contribution >= 0.6 is 0 Å². The highest BCUT2D eigenvalue weighted by Gasteiger charge is 2.10. The zero-order valence-corrected chi connectivity index (χ0v) is 12.5. The summed E-state index contributed by atoms with van der Waals surface area (Å²) in [5.74, 6) is 0.0558. The van der Waals surface area contributed by atoms with Gasteiger partial charge in [-0.2, -0.15) is 5.26 Å². The molecule has 1 aromatic carbocycles. The fraction of sp³-hybridized carbons (Fsp3) is 0.176. The largest absolute Gasteiger partial charge is 0.457 e. The number of carbonyl (C=O) groups is 1. The summed E-state index contributed by atoms with van der Waals surface area (Å²) in [6.45, 7) is 0.674. The normalized spacial score (nSPS) is 11.1. The number of benzene rings is 1. The van der Waals surface area contributed by atoms with E-state index < -0.39 is 5.91 Å². The number of rotatable bonds is 6. The summed E-state index contributed by atoms with van der Waals surface area (Å²) < 4.78 is 23.3. The van der Waals surface area contributed by atoms with E-state index in [0.29, 0.717) is 30.2 Å². The number of nitriles is 1. The van der Waals surface area contributed by atoms with Crippen LogP contribution in [0.25, 0.3) is 17.4 Å². The summed E-state index contributed by atoms with van der Waals surface area (Å²) in [6, 6.07) is 11.0. The average molecular weight is 314 g/mol. The Morgan fingerprint density at radius 2 is 2.09 bits per heavy atom. The molecule has 0 bridgehead atoms. The van der Waals surface area contributed by atoms with E-state index in [9.17, 15) is 9.18 Å². The molecule has 1 amide bonds. The first kappa shape index (κ1) is 16.5. The van der Waals surface area contributed by atoms with Crippen LogP contribution in [-0.4, -0.2) is 26.2 Å². The number of nitrogens with one attached hydrogen (secondary N) is 1. The predicted octanol–water partition coefficient (Wildman–Crippen LogP) is 2.76. The van der Waals surface area contributed by atoms with Crippen LogP contribution in [0.3, 0.4) is 0 Å². The molecule has 0 aliphatic rings. The minimum absolute atomic E-state index is 0.0684. The lowest BCUT2D eigenvalue weighted by Crippen LogP contribution is -2.27. The van der Waals surface area contributed by atoms with Crippen molar-refractivity contribution in [1.82, 2.24) is 5.32 Å². The summed E-state index contributed by atoms with van der Waals surface area (Å²) in [4.78, 5) is 11.8. The lowest BCUT2D eigenvalue weighted by atomic mass is 10.2. The van der Waals surface area contributed by atoms with Crippen molar-refractivity contribution < 1.29 is 18.3 Å². The van der Waals surface area contributed by atoms with E-state index in [1.165, 1.54) is 25.3 Å². The molecule has 2 rings (SSSR count). The van der Waals surface area contributed by atoms with Gasteiger partial charge in [-0.1, -0.05) is 0 Å². The minimum Gasteiger partial charge on any atom is -0.457 e. The molecule has 0 saturated carbocycles. The third kappa shape index (κ3) is 4.53. The van der Waals surface area contributed by atoms with Gasteiger partial charge in [-0.25, -0.2) is 4.39 Å². The highest BCUT2D eigenvalue weighted by Crippen LogP contribution is 2.23. The summed E-state index contributed by atoms with van der Waals surface area (Å²) >= 11 is 0. The summed E-state index contributed by atoms with van der Waals surface area (Å²) in [6.07, 6.45) is 1.36. The Kier molecular flexibility index (Phi) is 5.67. The lowest BCUT2D eigenvalue weighted by molar-refractivity contribution is -0.117. The van der Waals surface area contributed by atoms with Crippen molar-refractivity contribution in [3.8, 4) is 17.4 Å². The van der Waals surface area contributed by atoms with Crippen LogP contribution in [0.15, 0.2) is 46.4 Å². The van der Waals surface area contributed by atoms with Crippen molar-refractivity contribution in [2.45, 2.75) is 0 Å². The Bertz CT molecular complexity index is 742. The molecule has 0 fully saturated rings. The van der Waals surface area contributed by atoms with E-state index in [4.69, 9.17) is 14.4 Å². The van der Waals surface area contributed by atoms with Crippen LogP contribution in [0.1, 0.15) is 5.76 Å². The van der Waals surface area contributed by atoms with Crippen molar-refractivity contribution in [2.75, 3.05) is 20.3 Å². The first-order chi connectivity index (χ1) is 11.1. The Labute approximate surface area is 133 Å². The number of carbonyl (C=O) groups excluding carboxylic acids is 1. The second kappa shape index (κ2) is 7.92. The van der Waals surface area contributed by atoms with Crippen LogP contribution in [0.2, 0.25) is 0 Å². The molecule has 0 atom stereocenters. The molecule has 0 aliphatic heterocycles. The van der Waals surface area contributed by atoms with E-state index in [1.807, 2.05) is 6.07 Å². The van der Waals surface area contributed by atoms with E-state index in [1.54, 1.807) is 24.3 Å². The maximum Gasteiger partial charge on any atom is 0.262 e. The standard InChI is InChI=1S/C17H15FN2O3/c1-22-9-8-20-17(21)13(11-19)10-15-6-7-16(23-15)12-2-4-14(18)5-3-12/h2-7,10H,8-9H2,1H3,(H,20,21)/b13-10+. The van der Waals surface area contributed by atoms with Gasteiger partial charge in [-0.3, -0.25) is 4.79 Å². The lowest BCUT2D eigenvalue weighted by Gasteiger charge is -2.02. The van der Waals surface area contributed by atoms with Gasteiger partial charge in [-0.05, 0) is 36.4 Å². The van der Waals surface area contributed by atoms with Crippen molar-refractivity contribution in [3.05, 3.63) is 53.5 Å². The molecule has 1 N–H and O–H groups in total. The highest BCUT2D eigenvalue weighted by atomic mass is 19.1. The number of ether oxygens (including phenoxy) is 1. The molecule has 0 unspecified atom stereocenters. The zero-order chi connectivity index (χ0) is 16.7. The maximum absolute atomic E-state index is 12.9. The van der Waals surface area contributed by atoms with Gasteiger partial charge >= 0.3 is 0 Å². The predicted molar refractivity (Wildman–Crippen MR) is 82.6 cm³/mol. The maximum atomic E-state index is 12.9. The minimum atomic E-state index is -0.496. The number of furan rings is 1. The van der Waals surface area contributed by atoms with Gasteiger partial charge in [0.15, 0.2) is 0 Å². The van der Waals surface area contributed by atoms with E-state index in [2.05, 4.69) is 5.32 Å². The molecule has 1 aromatic heterocycles. The van der Waals surface area contributed by atoms with Crippen molar-refractivity contribution in [3.63, 3.8) is 0 Å². The Balaban J connectivity index is 2.13. The van der Waals surface area contributed by atoms with E-state index in [0.717, 1.165) is 0 Å². The smallest absolute Gasteiger partial charge is 0.262 e. The molecule has 0 spiro atoms. The molecular formula is C17H15FN2O3. The van der Waals surface area contributed by atoms with Gasteiger partial charge < -0.3 is 14.5 Å². The van der Waals surface area contributed by atoms with E-state index in [-0.39, 0.29) is 11.4 Å². The van der Waals surface area contributed by atoms with Gasteiger partial charge in [-0.15, -0.1) is 0 Å². The summed E-state index contributed by atoms with van der Waals surface area (Å²) in [5.41, 5.74) is 0.634. The van der Waals surface area contributed by atoms with Crippen molar-refractivity contribution >= 4 is 12.0 Å². The number of methoxy groups -OCH3 is 1. The van der Waals surface area contributed by atoms with Crippen molar-refractivity contribution in [2.24, 2.45) is 0 Å². The zero-order valence-electron chi connectivity index (χ0n) is 12.5. The van der Waals surface area contributed by atoms with E-state index >= 15 is 0 Å². The SMILES string of the molecule is COCCNC(=O)/C(C#N)=C/c1ccc(-c2ccc(F)cc2)o1. The summed E-state index contributed by atoms with van der Waals surface area (Å²) in [7, 11) is 1.52. The molecule has 118 valence electrons. The first-order valence-corrected chi connectivity index (χ1v) is 6.88. The fourth-order valence-corrected chi connectivity index (χ4v) is 1.85. The van der Waals surface area contributed by atoms with Crippen LogP contribution in [0.4, 0.5) is 4.39 Å². The first-order valence-electron chi connectivity index (χ1n) is 6.88. The second-order valence-corrected chi connectivity index (χ2v) is 4.63. The van der Waals surface area contributed by atoms with Gasteiger partial charge in [0.05, 0.1) is 6.61 Å². The third-order valence-electron chi connectivity index (χ3n) is 3.00. The Hall–Kier alpha value is -2.91. The molecule has 0 radical (unpaired) electrons. The molecular weight excluding hydrogens is 299 g/mol. The van der Waals surface area contributed by atoms with Gasteiger partial charge in [0, 0.05) is 25.3 Å². The molecule has 1 heterocycles. The highest BCUT2D eigenvalue weighted by molar-refractivity contribution is 6.01. The van der Waals surface area contributed by atoms with Crippen LogP contribution in [-0.2, 0) is 9.53 Å². The average Bonchev–Trinajstić information content (AvgIpc) is 3.02. The van der Waals surface area contributed by atoms with Crippen LogP contribution in [0.5, 0.6) is 0 Å². The topological polar surface area (TPSA) is 75.3 Å². The molecule has 2 aromatic rings. The quantitative estimate of drug-likeness (QED) is 0.505. The molecule has 23 heavy (non-hydrogen) atoms. The third-order valence-corrected chi connectivity index (χ3v) is 3.00. The van der Waals surface area contributed by atoms with Crippen LogP contribution < -0.4 is 5.32 Å². The number of nitrogens with zero attached hydrogens (tertiary/aromatic N) is 1. The molecule has 5 nitrogen and oxygen atoms in total. The number of halogens is 1. The summed E-state index contributed by atoms with van der Waals surface area (Å²) in [5, 5.41) is 11.6. The fourth-order valence-electron chi connectivity index (χ4n) is 1.85. The number of hydrogen-bond acceptors (Lipinski definition) is 4. The number of amides is 1. The van der Waals surface area contributed by atoms with Crippen molar-refractivity contribution in [1.29, 1.82) is 5.26 Å². The van der Waals surface area contributed by atoms with Gasteiger partial charge in [0.25, 0.3) is 5.91 Å². The Morgan fingerprint density at radius 1 is 1.35 bits per heavy atom. The molecule has 0 aliphatic carbocycles. The molecule has 6 heteroatoms. The monoisotopic (exact) mass is 314 g/mol. The van der Waals surface area contributed by atoms with Gasteiger partial charge in [0.2, 0.25) is 0 Å². The van der Waals surface area contributed by atoms with Crippen LogP contribution in [0, 0.1) is 17.1 Å². The second-order valence-electron chi connectivity index (χ2n) is 4.63. The Morgan fingerprint density at radius 3 is 2.74 bits per heavy atom. The number of hydrogen-bond donors (Lipinski definition) is 1.